The van der Waals surface area contributed by atoms with E-state index >= 15 is 0 Å². The van der Waals surface area contributed by atoms with Gasteiger partial charge in [0.05, 0.1) is 7.11 Å². The topological polar surface area (TPSA) is 90.1 Å². The van der Waals surface area contributed by atoms with Gasteiger partial charge in [-0.15, -0.1) is 16.9 Å². The first-order valence-corrected chi connectivity index (χ1v) is 9.05. The summed E-state index contributed by atoms with van der Waals surface area (Å²) >= 11 is 1.69. The zero-order valence-electron chi connectivity index (χ0n) is 14.2. The van der Waals surface area contributed by atoms with Crippen LogP contribution in [0.2, 0.25) is 0 Å². The molecule has 7 nitrogen and oxygen atoms in total. The van der Waals surface area contributed by atoms with Gasteiger partial charge < -0.3 is 9.15 Å². The molecule has 0 saturated carbocycles. The third-order valence-electron chi connectivity index (χ3n) is 3.43. The standard InChI is InChI=1S/C18H18N4O3S/c1-24-13-7-9-14(10-8-13)26-12-4-6-16(23)20-18-22-21-17(25-18)15-5-2-3-11-19-15/h2-3,5,7-11H,4,6,12H2,1H3,(H,20,22,23). The van der Waals surface area contributed by atoms with E-state index in [2.05, 4.69) is 20.5 Å². The highest BCUT2D eigenvalue weighted by Gasteiger charge is 2.11. The number of anilines is 1. The maximum Gasteiger partial charge on any atom is 0.322 e. The Morgan fingerprint density at radius 3 is 2.77 bits per heavy atom. The molecule has 0 radical (unpaired) electrons. The summed E-state index contributed by atoms with van der Waals surface area (Å²) in [6.07, 6.45) is 2.76. The van der Waals surface area contributed by atoms with E-state index in [1.165, 1.54) is 0 Å². The Kier molecular flexibility index (Phi) is 6.21. The number of pyridine rings is 1. The minimum Gasteiger partial charge on any atom is -0.497 e. The summed E-state index contributed by atoms with van der Waals surface area (Å²) in [6, 6.07) is 13.3. The maximum absolute atomic E-state index is 12.0. The molecule has 0 aliphatic heterocycles. The molecule has 3 rings (SSSR count). The molecule has 2 heterocycles. The van der Waals surface area contributed by atoms with E-state index in [9.17, 15) is 4.79 Å². The molecular formula is C18H18N4O3S. The summed E-state index contributed by atoms with van der Waals surface area (Å²) in [5.74, 6) is 1.79. The average Bonchev–Trinajstić information content (AvgIpc) is 3.15. The molecule has 0 saturated heterocycles. The predicted octanol–water partition coefficient (Wildman–Crippen LogP) is 3.65. The van der Waals surface area contributed by atoms with E-state index in [1.807, 2.05) is 30.3 Å². The van der Waals surface area contributed by atoms with Gasteiger partial charge >= 0.3 is 6.01 Å². The van der Waals surface area contributed by atoms with Crippen LogP contribution < -0.4 is 10.1 Å². The minimum atomic E-state index is -0.156. The lowest BCUT2D eigenvalue weighted by atomic mass is 10.3. The van der Waals surface area contributed by atoms with Crippen molar-refractivity contribution in [2.24, 2.45) is 0 Å². The molecule has 26 heavy (non-hydrogen) atoms. The SMILES string of the molecule is COc1ccc(SCCCC(=O)Nc2nnc(-c3ccccn3)o2)cc1. The Bertz CT molecular complexity index is 837. The van der Waals surface area contributed by atoms with Crippen molar-refractivity contribution in [3.63, 3.8) is 0 Å². The van der Waals surface area contributed by atoms with E-state index in [0.717, 1.165) is 22.8 Å². The summed E-state index contributed by atoms with van der Waals surface area (Å²) in [4.78, 5) is 17.2. The highest BCUT2D eigenvalue weighted by Crippen LogP contribution is 2.22. The Balaban J connectivity index is 1.41. The quantitative estimate of drug-likeness (QED) is 0.478. The molecular weight excluding hydrogens is 352 g/mol. The van der Waals surface area contributed by atoms with Crippen LogP contribution in [0.4, 0.5) is 6.01 Å². The molecule has 1 N–H and O–H groups in total. The maximum atomic E-state index is 12.0. The van der Waals surface area contributed by atoms with Gasteiger partial charge in [0, 0.05) is 17.5 Å². The number of benzene rings is 1. The zero-order chi connectivity index (χ0) is 18.2. The molecule has 8 heteroatoms. The van der Waals surface area contributed by atoms with Crippen molar-refractivity contribution in [2.45, 2.75) is 17.7 Å². The lowest BCUT2D eigenvalue weighted by Gasteiger charge is -2.03. The molecule has 0 spiro atoms. The van der Waals surface area contributed by atoms with Gasteiger partial charge in [-0.05, 0) is 48.6 Å². The highest BCUT2D eigenvalue weighted by atomic mass is 32.2. The number of amides is 1. The summed E-state index contributed by atoms with van der Waals surface area (Å²) in [6.45, 7) is 0. The molecule has 1 aromatic carbocycles. The number of carbonyl (C=O) groups is 1. The molecule has 0 unspecified atom stereocenters. The molecule has 0 aliphatic carbocycles. The highest BCUT2D eigenvalue weighted by molar-refractivity contribution is 7.99. The van der Waals surface area contributed by atoms with Crippen LogP contribution in [0.1, 0.15) is 12.8 Å². The molecule has 0 bridgehead atoms. The number of carbonyl (C=O) groups excluding carboxylic acids is 1. The lowest BCUT2D eigenvalue weighted by molar-refractivity contribution is -0.116. The zero-order valence-corrected chi connectivity index (χ0v) is 15.0. The summed E-state index contributed by atoms with van der Waals surface area (Å²) in [5.41, 5.74) is 0.566. The van der Waals surface area contributed by atoms with Gasteiger partial charge in [-0.25, -0.2) is 0 Å². The first-order chi connectivity index (χ1) is 12.7. The lowest BCUT2D eigenvalue weighted by Crippen LogP contribution is -2.11. The third kappa shape index (κ3) is 5.06. The van der Waals surface area contributed by atoms with Crippen LogP contribution in [0, 0.1) is 0 Å². The van der Waals surface area contributed by atoms with Crippen molar-refractivity contribution in [1.82, 2.24) is 15.2 Å². The Hall–Kier alpha value is -2.87. The van der Waals surface area contributed by atoms with Crippen LogP contribution in [-0.2, 0) is 4.79 Å². The molecule has 0 fully saturated rings. The molecule has 0 aliphatic rings. The number of aromatic nitrogens is 3. The summed E-state index contributed by atoms with van der Waals surface area (Å²) in [7, 11) is 1.64. The van der Waals surface area contributed by atoms with E-state index in [1.54, 1.807) is 37.2 Å². The second kappa shape index (κ2) is 9.00. The number of ether oxygens (including phenoxy) is 1. The monoisotopic (exact) mass is 370 g/mol. The number of hydrogen-bond acceptors (Lipinski definition) is 7. The molecule has 3 aromatic rings. The molecule has 1 amide bonds. The van der Waals surface area contributed by atoms with Crippen LogP contribution in [0.15, 0.2) is 58.0 Å². The number of thioether (sulfide) groups is 1. The van der Waals surface area contributed by atoms with Gasteiger partial charge in [0.2, 0.25) is 5.91 Å². The van der Waals surface area contributed by atoms with Crippen LogP contribution in [-0.4, -0.2) is 34.0 Å². The number of hydrogen-bond donors (Lipinski definition) is 1. The summed E-state index contributed by atoms with van der Waals surface area (Å²) in [5, 5.41) is 10.3. The number of methoxy groups -OCH3 is 1. The Morgan fingerprint density at radius 2 is 2.04 bits per heavy atom. The first-order valence-electron chi connectivity index (χ1n) is 8.06. The number of rotatable bonds is 8. The first kappa shape index (κ1) is 17.9. The van der Waals surface area contributed by atoms with E-state index in [-0.39, 0.29) is 17.8 Å². The normalized spacial score (nSPS) is 10.5. The van der Waals surface area contributed by atoms with Gasteiger partial charge in [-0.1, -0.05) is 11.2 Å². The fourth-order valence-corrected chi connectivity index (χ4v) is 3.00. The van der Waals surface area contributed by atoms with Crippen LogP contribution in [0.5, 0.6) is 5.75 Å². The van der Waals surface area contributed by atoms with Gasteiger partial charge in [-0.2, -0.15) is 0 Å². The van der Waals surface area contributed by atoms with Crippen LogP contribution in [0.3, 0.4) is 0 Å². The largest absolute Gasteiger partial charge is 0.497 e. The van der Waals surface area contributed by atoms with Gasteiger partial charge in [0.25, 0.3) is 5.89 Å². The minimum absolute atomic E-state index is 0.0819. The summed E-state index contributed by atoms with van der Waals surface area (Å²) < 4.78 is 10.5. The van der Waals surface area contributed by atoms with Gasteiger partial charge in [0.15, 0.2) is 0 Å². The second-order valence-corrected chi connectivity index (χ2v) is 6.47. The van der Waals surface area contributed by atoms with Crippen molar-refractivity contribution < 1.29 is 13.9 Å². The van der Waals surface area contributed by atoms with Crippen molar-refractivity contribution in [3.05, 3.63) is 48.7 Å². The third-order valence-corrected chi connectivity index (χ3v) is 4.53. The van der Waals surface area contributed by atoms with Crippen molar-refractivity contribution in [1.29, 1.82) is 0 Å². The molecule has 134 valence electrons. The van der Waals surface area contributed by atoms with E-state index in [4.69, 9.17) is 9.15 Å². The van der Waals surface area contributed by atoms with Crippen molar-refractivity contribution in [2.75, 3.05) is 18.2 Å². The Morgan fingerprint density at radius 1 is 1.19 bits per heavy atom. The van der Waals surface area contributed by atoms with Crippen LogP contribution in [0.25, 0.3) is 11.6 Å². The van der Waals surface area contributed by atoms with Crippen molar-refractivity contribution >= 4 is 23.7 Å². The van der Waals surface area contributed by atoms with Gasteiger partial charge in [-0.3, -0.25) is 15.1 Å². The van der Waals surface area contributed by atoms with Crippen molar-refractivity contribution in [3.8, 4) is 17.3 Å². The fraction of sp³-hybridized carbons (Fsp3) is 0.222. The van der Waals surface area contributed by atoms with E-state index in [0.29, 0.717) is 12.1 Å². The molecule has 0 atom stereocenters. The Labute approximate surface area is 155 Å². The molecule has 2 aromatic heterocycles. The smallest absolute Gasteiger partial charge is 0.322 e. The van der Waals surface area contributed by atoms with Gasteiger partial charge in [0.1, 0.15) is 11.4 Å². The number of nitrogens with zero attached hydrogens (tertiary/aromatic N) is 3. The predicted molar refractivity (Wildman–Crippen MR) is 99.1 cm³/mol. The number of nitrogens with one attached hydrogen (secondary N) is 1. The van der Waals surface area contributed by atoms with Crippen LogP contribution >= 0.6 is 11.8 Å². The average molecular weight is 370 g/mol. The van der Waals surface area contributed by atoms with E-state index < -0.39 is 0 Å². The second-order valence-electron chi connectivity index (χ2n) is 5.30. The fourth-order valence-electron chi connectivity index (χ4n) is 2.14.